The van der Waals surface area contributed by atoms with E-state index in [0.29, 0.717) is 10.9 Å². The van der Waals surface area contributed by atoms with Gasteiger partial charge in [0.1, 0.15) is 5.82 Å². The van der Waals surface area contributed by atoms with Crippen LogP contribution >= 0.6 is 15.9 Å². The lowest BCUT2D eigenvalue weighted by atomic mass is 10.1. The summed E-state index contributed by atoms with van der Waals surface area (Å²) in [4.78, 5) is 16.0. The van der Waals surface area contributed by atoms with E-state index in [-0.39, 0.29) is 5.78 Å². The number of carbonyl (C=O) groups is 1. The third-order valence-corrected chi connectivity index (χ3v) is 3.21. The number of alkyl halides is 1. The maximum Gasteiger partial charge on any atom is 0.173 e. The molecule has 0 aliphatic carbocycles. The van der Waals surface area contributed by atoms with E-state index in [1.807, 2.05) is 25.1 Å². The summed E-state index contributed by atoms with van der Waals surface area (Å²) in [6, 6.07) is 5.69. The topological polar surface area (TPSA) is 34.9 Å². The van der Waals surface area contributed by atoms with Crippen molar-refractivity contribution in [2.75, 3.05) is 5.33 Å². The molecule has 2 aromatic rings. The highest BCUT2D eigenvalue weighted by atomic mass is 79.9. The summed E-state index contributed by atoms with van der Waals surface area (Å²) in [7, 11) is 0. The lowest BCUT2D eigenvalue weighted by Gasteiger charge is -2.02. The quantitative estimate of drug-likeness (QED) is 0.640. The molecule has 0 atom stereocenters. The first-order chi connectivity index (χ1) is 7.67. The molecule has 0 spiro atoms. The summed E-state index contributed by atoms with van der Waals surface area (Å²) in [5.74, 6) is 1.08. The molecular weight excluding hydrogens is 268 g/mol. The highest BCUT2D eigenvalue weighted by Crippen LogP contribution is 2.18. The number of carbonyl (C=O) groups excluding carboxylic acids is 1. The predicted molar refractivity (Wildman–Crippen MR) is 68.3 cm³/mol. The van der Waals surface area contributed by atoms with E-state index in [2.05, 4.69) is 32.4 Å². The van der Waals surface area contributed by atoms with Crippen LogP contribution in [0.25, 0.3) is 11.0 Å². The highest BCUT2D eigenvalue weighted by Gasteiger charge is 2.09. The van der Waals surface area contributed by atoms with Crippen LogP contribution in [0.4, 0.5) is 0 Å². The maximum atomic E-state index is 11.5. The van der Waals surface area contributed by atoms with E-state index in [9.17, 15) is 4.79 Å². The van der Waals surface area contributed by atoms with Crippen molar-refractivity contribution < 1.29 is 4.79 Å². The van der Waals surface area contributed by atoms with Crippen LogP contribution in [-0.4, -0.2) is 20.7 Å². The van der Waals surface area contributed by atoms with Gasteiger partial charge >= 0.3 is 0 Å². The van der Waals surface area contributed by atoms with Gasteiger partial charge in [0, 0.05) is 12.1 Å². The molecule has 3 nitrogen and oxygen atoms in total. The molecule has 4 heteroatoms. The van der Waals surface area contributed by atoms with Gasteiger partial charge in [-0.1, -0.05) is 15.9 Å². The third kappa shape index (κ3) is 1.78. The van der Waals surface area contributed by atoms with Crippen LogP contribution in [0.15, 0.2) is 18.2 Å². The van der Waals surface area contributed by atoms with Crippen molar-refractivity contribution in [3.05, 3.63) is 29.6 Å². The molecule has 1 aromatic heterocycles. The Kier molecular flexibility index (Phi) is 3.10. The molecule has 16 heavy (non-hydrogen) atoms. The first-order valence-electron chi connectivity index (χ1n) is 5.23. The summed E-state index contributed by atoms with van der Waals surface area (Å²) in [5.41, 5.74) is 2.70. The fraction of sp³-hybridized carbons (Fsp3) is 0.333. The van der Waals surface area contributed by atoms with Crippen LogP contribution in [0.3, 0.4) is 0 Å². The van der Waals surface area contributed by atoms with Crippen LogP contribution < -0.4 is 0 Å². The second-order valence-electron chi connectivity index (χ2n) is 3.66. The molecular formula is C12H13BrN2O. The fourth-order valence-corrected chi connectivity index (χ4v) is 2.22. The van der Waals surface area contributed by atoms with Crippen molar-refractivity contribution in [2.45, 2.75) is 20.4 Å². The number of halogens is 1. The van der Waals surface area contributed by atoms with Crippen molar-refractivity contribution in [1.82, 2.24) is 9.55 Å². The number of aryl methyl sites for hydroxylation is 2. The highest BCUT2D eigenvalue weighted by molar-refractivity contribution is 9.09. The molecule has 1 heterocycles. The zero-order valence-electron chi connectivity index (χ0n) is 9.33. The zero-order valence-corrected chi connectivity index (χ0v) is 10.9. The first kappa shape index (κ1) is 11.3. The van der Waals surface area contributed by atoms with Crippen LogP contribution in [0, 0.1) is 6.92 Å². The van der Waals surface area contributed by atoms with Gasteiger partial charge in [0.25, 0.3) is 0 Å². The van der Waals surface area contributed by atoms with Crippen molar-refractivity contribution in [3.8, 4) is 0 Å². The number of rotatable bonds is 3. The van der Waals surface area contributed by atoms with Crippen molar-refractivity contribution in [3.63, 3.8) is 0 Å². The SMILES string of the molecule is CCn1c(C)nc2cc(C(=O)CBr)ccc21. The largest absolute Gasteiger partial charge is 0.329 e. The smallest absolute Gasteiger partial charge is 0.173 e. The number of fused-ring (bicyclic) bond motifs is 1. The minimum absolute atomic E-state index is 0.0885. The van der Waals surface area contributed by atoms with Gasteiger partial charge in [-0.3, -0.25) is 4.79 Å². The number of ketones is 1. The number of hydrogen-bond donors (Lipinski definition) is 0. The molecule has 0 unspecified atom stereocenters. The summed E-state index contributed by atoms with van der Waals surface area (Å²) in [6.45, 7) is 4.97. The van der Waals surface area contributed by atoms with E-state index in [4.69, 9.17) is 0 Å². The molecule has 0 radical (unpaired) electrons. The maximum absolute atomic E-state index is 11.5. The van der Waals surface area contributed by atoms with Gasteiger partial charge in [0.05, 0.1) is 16.4 Å². The minimum Gasteiger partial charge on any atom is -0.329 e. The fourth-order valence-electron chi connectivity index (χ4n) is 1.90. The minimum atomic E-state index is 0.0885. The second kappa shape index (κ2) is 4.37. The van der Waals surface area contributed by atoms with Crippen LogP contribution in [0.2, 0.25) is 0 Å². The van der Waals surface area contributed by atoms with Crippen LogP contribution in [0.5, 0.6) is 0 Å². The average Bonchev–Trinajstić information content (AvgIpc) is 2.62. The lowest BCUT2D eigenvalue weighted by molar-refractivity contribution is 0.102. The van der Waals surface area contributed by atoms with Gasteiger partial charge in [-0.05, 0) is 32.0 Å². The molecule has 1 aromatic carbocycles. The van der Waals surface area contributed by atoms with Crippen LogP contribution in [-0.2, 0) is 6.54 Å². The summed E-state index contributed by atoms with van der Waals surface area (Å²) >= 11 is 3.17. The molecule has 0 amide bonds. The number of nitrogens with zero attached hydrogens (tertiary/aromatic N) is 2. The van der Waals surface area contributed by atoms with Crippen molar-refractivity contribution in [1.29, 1.82) is 0 Å². The first-order valence-corrected chi connectivity index (χ1v) is 6.35. The van der Waals surface area contributed by atoms with E-state index < -0.39 is 0 Å². The predicted octanol–water partition coefficient (Wildman–Crippen LogP) is 2.94. The summed E-state index contributed by atoms with van der Waals surface area (Å²) in [5, 5.41) is 0.353. The third-order valence-electron chi connectivity index (χ3n) is 2.70. The van der Waals surface area contributed by atoms with Crippen LogP contribution in [0.1, 0.15) is 23.1 Å². The van der Waals surface area contributed by atoms with E-state index in [1.54, 1.807) is 0 Å². The number of hydrogen-bond acceptors (Lipinski definition) is 2. The number of benzene rings is 1. The second-order valence-corrected chi connectivity index (χ2v) is 4.22. The van der Waals surface area contributed by atoms with Crippen molar-refractivity contribution in [2.24, 2.45) is 0 Å². The van der Waals surface area contributed by atoms with Gasteiger partial charge in [0.15, 0.2) is 5.78 Å². The summed E-state index contributed by atoms with van der Waals surface area (Å²) < 4.78 is 2.14. The van der Waals surface area contributed by atoms with E-state index >= 15 is 0 Å². The van der Waals surface area contributed by atoms with Gasteiger partial charge in [-0.2, -0.15) is 0 Å². The molecule has 0 aliphatic heterocycles. The Balaban J connectivity index is 2.60. The van der Waals surface area contributed by atoms with Crippen molar-refractivity contribution >= 4 is 32.7 Å². The zero-order chi connectivity index (χ0) is 11.7. The Bertz CT molecular complexity index is 545. The monoisotopic (exact) mass is 280 g/mol. The van der Waals surface area contributed by atoms with Gasteiger partial charge < -0.3 is 4.57 Å². The molecule has 0 aliphatic rings. The Morgan fingerprint density at radius 2 is 2.25 bits per heavy atom. The Labute approximate surface area is 103 Å². The number of aromatic nitrogens is 2. The number of Topliss-reactive ketones (excluding diaryl/α,β-unsaturated/α-hetero) is 1. The lowest BCUT2D eigenvalue weighted by Crippen LogP contribution is -2.00. The molecule has 0 saturated heterocycles. The van der Waals surface area contributed by atoms with E-state index in [0.717, 1.165) is 23.4 Å². The van der Waals surface area contributed by atoms with Gasteiger partial charge in [0.2, 0.25) is 0 Å². The standard InChI is InChI=1S/C12H13BrN2O/c1-3-15-8(2)14-10-6-9(12(16)7-13)4-5-11(10)15/h4-6H,3,7H2,1-2H3. The van der Waals surface area contributed by atoms with E-state index in [1.165, 1.54) is 0 Å². The molecule has 2 rings (SSSR count). The molecule has 0 fully saturated rings. The number of imidazole rings is 1. The van der Waals surface area contributed by atoms with Gasteiger partial charge in [-0.15, -0.1) is 0 Å². The summed E-state index contributed by atoms with van der Waals surface area (Å²) in [6.07, 6.45) is 0. The van der Waals surface area contributed by atoms with Gasteiger partial charge in [-0.25, -0.2) is 4.98 Å². The Morgan fingerprint density at radius 3 is 2.88 bits per heavy atom. The molecule has 0 bridgehead atoms. The molecule has 0 N–H and O–H groups in total. The molecule has 84 valence electrons. The Hall–Kier alpha value is -1.16. The normalized spacial score (nSPS) is 10.9. The average molecular weight is 281 g/mol. The molecule has 0 saturated carbocycles. The Morgan fingerprint density at radius 1 is 1.50 bits per heavy atom.